The number of halogens is 3. The molecule has 1 aliphatic heterocycles. The number of hydrogen-bond donors (Lipinski definition) is 1. The number of ether oxygens (including phenoxy) is 1. The Morgan fingerprint density at radius 3 is 2.33 bits per heavy atom. The molecule has 1 N–H and O–H groups in total. The van der Waals surface area contributed by atoms with Crippen LogP contribution < -0.4 is 10.2 Å². The average Bonchev–Trinajstić information content (AvgIpc) is 2.74. The van der Waals surface area contributed by atoms with Crippen molar-refractivity contribution in [3.05, 3.63) is 65.7 Å². The van der Waals surface area contributed by atoms with Crippen LogP contribution in [0.1, 0.15) is 17.2 Å². The van der Waals surface area contributed by atoms with Gasteiger partial charge in [-0.2, -0.15) is 13.2 Å². The molecule has 1 amide bonds. The lowest BCUT2D eigenvalue weighted by molar-refractivity contribution is -0.159. The van der Waals surface area contributed by atoms with Crippen molar-refractivity contribution in [2.45, 2.75) is 18.8 Å². The van der Waals surface area contributed by atoms with Crippen LogP contribution in [0.15, 0.2) is 54.6 Å². The van der Waals surface area contributed by atoms with Crippen LogP contribution in [0.5, 0.6) is 0 Å². The third kappa shape index (κ3) is 5.96. The highest BCUT2D eigenvalue weighted by atomic mass is 19.4. The van der Waals surface area contributed by atoms with Gasteiger partial charge in [0.15, 0.2) is 0 Å². The summed E-state index contributed by atoms with van der Waals surface area (Å²) in [6.45, 7) is 3.01. The van der Waals surface area contributed by atoms with Crippen molar-refractivity contribution < 1.29 is 22.7 Å². The Morgan fingerprint density at radius 2 is 1.73 bits per heavy atom. The van der Waals surface area contributed by atoms with Crippen molar-refractivity contribution >= 4 is 11.6 Å². The Kier molecular flexibility index (Phi) is 7.33. The van der Waals surface area contributed by atoms with Crippen molar-refractivity contribution in [2.75, 3.05) is 44.8 Å². The SMILES string of the molecule is CN(Cc1ccc(N2CCOCC2)cc1)C(=O)CNC(c1ccccc1)C(F)(F)F. The van der Waals surface area contributed by atoms with Gasteiger partial charge in [-0.15, -0.1) is 0 Å². The maximum Gasteiger partial charge on any atom is 0.407 e. The van der Waals surface area contributed by atoms with E-state index in [0.29, 0.717) is 19.8 Å². The van der Waals surface area contributed by atoms with Gasteiger partial charge in [0, 0.05) is 32.4 Å². The molecule has 0 spiro atoms. The number of nitrogens with one attached hydrogen (secondary N) is 1. The fourth-order valence-corrected chi connectivity index (χ4v) is 3.39. The van der Waals surface area contributed by atoms with E-state index in [0.717, 1.165) is 24.3 Å². The molecule has 30 heavy (non-hydrogen) atoms. The molecular weight excluding hydrogens is 395 g/mol. The fourth-order valence-electron chi connectivity index (χ4n) is 3.39. The summed E-state index contributed by atoms with van der Waals surface area (Å²) in [6.07, 6.45) is -4.49. The topological polar surface area (TPSA) is 44.8 Å². The van der Waals surface area contributed by atoms with Crippen LogP contribution in [0.2, 0.25) is 0 Å². The Bertz CT molecular complexity index is 807. The minimum atomic E-state index is -4.49. The summed E-state index contributed by atoms with van der Waals surface area (Å²) in [5.41, 5.74) is 2.09. The number of benzene rings is 2. The molecule has 0 saturated carbocycles. The van der Waals surface area contributed by atoms with Gasteiger partial charge in [-0.1, -0.05) is 42.5 Å². The van der Waals surface area contributed by atoms with E-state index in [1.165, 1.54) is 17.0 Å². The van der Waals surface area contributed by atoms with Gasteiger partial charge >= 0.3 is 6.18 Å². The molecule has 1 aliphatic rings. The monoisotopic (exact) mass is 421 g/mol. The molecule has 2 aromatic carbocycles. The van der Waals surface area contributed by atoms with Gasteiger partial charge in [0.25, 0.3) is 0 Å². The maximum atomic E-state index is 13.4. The van der Waals surface area contributed by atoms with Gasteiger partial charge in [0.05, 0.1) is 19.8 Å². The molecule has 5 nitrogen and oxygen atoms in total. The lowest BCUT2D eigenvalue weighted by Crippen LogP contribution is -2.41. The van der Waals surface area contributed by atoms with E-state index in [1.54, 1.807) is 25.2 Å². The standard InChI is InChI=1S/C22H26F3N3O2/c1-27(16-17-7-9-19(10-8-17)28-11-13-30-14-12-28)20(29)15-26-21(22(23,24)25)18-5-3-2-4-6-18/h2-10,21,26H,11-16H2,1H3. The van der Waals surface area contributed by atoms with Crippen molar-refractivity contribution in [2.24, 2.45) is 0 Å². The van der Waals surface area contributed by atoms with E-state index in [1.807, 2.05) is 24.3 Å². The summed E-state index contributed by atoms with van der Waals surface area (Å²) in [7, 11) is 1.59. The van der Waals surface area contributed by atoms with Gasteiger partial charge in [0.2, 0.25) is 5.91 Å². The molecule has 162 valence electrons. The lowest BCUT2D eigenvalue weighted by Gasteiger charge is -2.29. The Labute approximate surface area is 174 Å². The highest BCUT2D eigenvalue weighted by molar-refractivity contribution is 5.78. The number of amides is 1. The van der Waals surface area contributed by atoms with Gasteiger partial charge in [-0.25, -0.2) is 0 Å². The van der Waals surface area contributed by atoms with Crippen LogP contribution in [0.4, 0.5) is 18.9 Å². The highest BCUT2D eigenvalue weighted by Crippen LogP contribution is 2.32. The largest absolute Gasteiger partial charge is 0.407 e. The van der Waals surface area contributed by atoms with E-state index in [4.69, 9.17) is 4.74 Å². The van der Waals surface area contributed by atoms with Crippen LogP contribution in [-0.4, -0.2) is 56.9 Å². The minimum absolute atomic E-state index is 0.0826. The molecule has 0 aromatic heterocycles. The summed E-state index contributed by atoms with van der Waals surface area (Å²) in [5.74, 6) is -0.405. The summed E-state index contributed by atoms with van der Waals surface area (Å²) in [4.78, 5) is 16.1. The summed E-state index contributed by atoms with van der Waals surface area (Å²) in [6, 6.07) is 13.5. The average molecular weight is 421 g/mol. The predicted octanol–water partition coefficient (Wildman–Crippen LogP) is 3.37. The molecule has 3 rings (SSSR count). The number of anilines is 1. The van der Waals surface area contributed by atoms with E-state index >= 15 is 0 Å². The second-order valence-corrected chi connectivity index (χ2v) is 7.28. The molecule has 2 aromatic rings. The molecule has 1 saturated heterocycles. The quantitative estimate of drug-likeness (QED) is 0.745. The van der Waals surface area contributed by atoms with Crippen molar-refractivity contribution in [1.82, 2.24) is 10.2 Å². The van der Waals surface area contributed by atoms with Crippen molar-refractivity contribution in [1.29, 1.82) is 0 Å². The number of carbonyl (C=O) groups is 1. The molecule has 1 atom stereocenters. The second kappa shape index (κ2) is 9.95. The van der Waals surface area contributed by atoms with Crippen LogP contribution in [0.25, 0.3) is 0 Å². The molecule has 0 radical (unpaired) electrons. The first-order valence-corrected chi connectivity index (χ1v) is 9.85. The molecular formula is C22H26F3N3O2. The van der Waals surface area contributed by atoms with Gasteiger partial charge in [-0.3, -0.25) is 10.1 Å². The molecule has 0 bridgehead atoms. The number of morpholine rings is 1. The number of hydrogen-bond acceptors (Lipinski definition) is 4. The van der Waals surface area contributed by atoms with Crippen molar-refractivity contribution in [3.63, 3.8) is 0 Å². The van der Waals surface area contributed by atoms with Crippen LogP contribution in [-0.2, 0) is 16.1 Å². The molecule has 0 aliphatic carbocycles. The fraction of sp³-hybridized carbons (Fsp3) is 0.409. The zero-order valence-corrected chi connectivity index (χ0v) is 16.9. The van der Waals surface area contributed by atoms with Gasteiger partial charge in [0.1, 0.15) is 6.04 Å². The van der Waals surface area contributed by atoms with E-state index < -0.39 is 24.7 Å². The maximum absolute atomic E-state index is 13.4. The lowest BCUT2D eigenvalue weighted by atomic mass is 10.1. The van der Waals surface area contributed by atoms with Crippen molar-refractivity contribution in [3.8, 4) is 0 Å². The Balaban J connectivity index is 1.55. The summed E-state index contributed by atoms with van der Waals surface area (Å²) < 4.78 is 45.5. The first-order valence-electron chi connectivity index (χ1n) is 9.85. The smallest absolute Gasteiger partial charge is 0.378 e. The first kappa shape index (κ1) is 22.1. The normalized spacial score (nSPS) is 15.7. The molecule has 1 heterocycles. The molecule has 8 heteroatoms. The van der Waals surface area contributed by atoms with Crippen LogP contribution in [0, 0.1) is 0 Å². The predicted molar refractivity (Wildman–Crippen MR) is 109 cm³/mol. The second-order valence-electron chi connectivity index (χ2n) is 7.28. The number of nitrogens with zero attached hydrogens (tertiary/aromatic N) is 2. The Morgan fingerprint density at radius 1 is 1.10 bits per heavy atom. The van der Waals surface area contributed by atoms with E-state index in [2.05, 4.69) is 10.2 Å². The highest BCUT2D eigenvalue weighted by Gasteiger charge is 2.40. The number of likely N-dealkylation sites (N-methyl/N-ethyl adjacent to an activating group) is 1. The number of alkyl halides is 3. The molecule has 1 fully saturated rings. The minimum Gasteiger partial charge on any atom is -0.378 e. The third-order valence-electron chi connectivity index (χ3n) is 5.08. The van der Waals surface area contributed by atoms with E-state index in [9.17, 15) is 18.0 Å². The zero-order valence-electron chi connectivity index (χ0n) is 16.9. The van der Waals surface area contributed by atoms with Gasteiger partial charge in [-0.05, 0) is 23.3 Å². The molecule has 1 unspecified atom stereocenters. The zero-order chi connectivity index (χ0) is 21.6. The third-order valence-corrected chi connectivity index (χ3v) is 5.08. The first-order chi connectivity index (χ1) is 14.3. The number of carbonyl (C=O) groups excluding carboxylic acids is 1. The Hall–Kier alpha value is -2.58. The number of rotatable bonds is 7. The summed E-state index contributed by atoms with van der Waals surface area (Å²) in [5, 5.41) is 2.36. The van der Waals surface area contributed by atoms with E-state index in [-0.39, 0.29) is 5.56 Å². The van der Waals surface area contributed by atoms with Crippen LogP contribution in [0.3, 0.4) is 0 Å². The van der Waals surface area contributed by atoms with Crippen LogP contribution >= 0.6 is 0 Å². The van der Waals surface area contributed by atoms with Gasteiger partial charge < -0.3 is 14.5 Å². The summed E-state index contributed by atoms with van der Waals surface area (Å²) >= 11 is 0.